The van der Waals surface area contributed by atoms with Crippen molar-refractivity contribution in [2.75, 3.05) is 31.3 Å². The summed E-state index contributed by atoms with van der Waals surface area (Å²) in [6.07, 6.45) is 0. The Bertz CT molecular complexity index is 248. The van der Waals surface area contributed by atoms with Gasteiger partial charge in [-0.25, -0.2) is 0 Å². The second-order valence-electron chi connectivity index (χ2n) is 3.53. The van der Waals surface area contributed by atoms with Gasteiger partial charge in [-0.15, -0.1) is 0 Å². The van der Waals surface area contributed by atoms with Gasteiger partial charge in [0.2, 0.25) is 5.91 Å². The highest BCUT2D eigenvalue weighted by Gasteiger charge is 2.30. The molecule has 3 N–H and O–H groups in total. The second kappa shape index (κ2) is 6.19. The summed E-state index contributed by atoms with van der Waals surface area (Å²) in [5.41, 5.74) is 5.69. The standard InChI is InChI=1S/C9H18N2O3S/c1-2-15(13)4-3-11-9(12)7-5-14-6-8(7)10/h7-8H,2-6,10H2,1H3,(H,11,12). The molecule has 6 heteroatoms. The van der Waals surface area contributed by atoms with Crippen molar-refractivity contribution in [2.45, 2.75) is 13.0 Å². The molecule has 0 aromatic heterocycles. The maximum Gasteiger partial charge on any atom is 0.227 e. The molecule has 5 nitrogen and oxygen atoms in total. The second-order valence-corrected chi connectivity index (χ2v) is 5.40. The predicted octanol–water partition coefficient (Wildman–Crippen LogP) is -1.16. The summed E-state index contributed by atoms with van der Waals surface area (Å²) >= 11 is 0. The van der Waals surface area contributed by atoms with Crippen LogP contribution in [0.4, 0.5) is 0 Å². The van der Waals surface area contributed by atoms with E-state index in [4.69, 9.17) is 10.5 Å². The minimum Gasteiger partial charge on any atom is -0.379 e. The lowest BCUT2D eigenvalue weighted by Crippen LogP contribution is -2.42. The van der Waals surface area contributed by atoms with Crippen LogP contribution in [0, 0.1) is 5.92 Å². The van der Waals surface area contributed by atoms with Crippen LogP contribution in [0.2, 0.25) is 0 Å². The van der Waals surface area contributed by atoms with Crippen LogP contribution in [0.25, 0.3) is 0 Å². The molecule has 0 aromatic rings. The molecular formula is C9H18N2O3S. The maximum absolute atomic E-state index is 11.6. The van der Waals surface area contributed by atoms with E-state index < -0.39 is 10.8 Å². The third-order valence-electron chi connectivity index (χ3n) is 2.41. The fourth-order valence-electron chi connectivity index (χ4n) is 1.40. The van der Waals surface area contributed by atoms with Gasteiger partial charge in [-0.1, -0.05) is 6.92 Å². The lowest BCUT2D eigenvalue weighted by Gasteiger charge is -2.12. The first-order valence-corrected chi connectivity index (χ1v) is 6.60. The molecule has 1 fully saturated rings. The number of hydrogen-bond acceptors (Lipinski definition) is 4. The van der Waals surface area contributed by atoms with E-state index in [1.807, 2.05) is 6.92 Å². The van der Waals surface area contributed by atoms with Crippen molar-refractivity contribution in [3.05, 3.63) is 0 Å². The first-order valence-electron chi connectivity index (χ1n) is 5.11. The smallest absolute Gasteiger partial charge is 0.227 e. The summed E-state index contributed by atoms with van der Waals surface area (Å²) in [7, 11) is -0.831. The monoisotopic (exact) mass is 234 g/mol. The number of carbonyl (C=O) groups is 1. The Morgan fingerprint density at radius 2 is 2.33 bits per heavy atom. The van der Waals surface area contributed by atoms with Crippen LogP contribution >= 0.6 is 0 Å². The molecule has 3 atom stereocenters. The number of amides is 1. The Morgan fingerprint density at radius 3 is 2.87 bits per heavy atom. The van der Waals surface area contributed by atoms with Crippen molar-refractivity contribution >= 4 is 16.7 Å². The van der Waals surface area contributed by atoms with Crippen LogP contribution in [0.5, 0.6) is 0 Å². The average Bonchev–Trinajstić information content (AvgIpc) is 2.64. The zero-order valence-corrected chi connectivity index (χ0v) is 9.72. The number of carbonyl (C=O) groups excluding carboxylic acids is 1. The van der Waals surface area contributed by atoms with Gasteiger partial charge in [0.05, 0.1) is 19.1 Å². The highest BCUT2D eigenvalue weighted by Crippen LogP contribution is 2.11. The number of ether oxygens (including phenoxy) is 1. The van der Waals surface area contributed by atoms with Crippen molar-refractivity contribution < 1.29 is 13.7 Å². The van der Waals surface area contributed by atoms with Gasteiger partial charge in [0.1, 0.15) is 0 Å². The Hall–Kier alpha value is -0.460. The van der Waals surface area contributed by atoms with E-state index in [0.29, 0.717) is 31.3 Å². The van der Waals surface area contributed by atoms with E-state index in [1.54, 1.807) is 0 Å². The van der Waals surface area contributed by atoms with E-state index in [-0.39, 0.29) is 17.9 Å². The van der Waals surface area contributed by atoms with Gasteiger partial charge in [-0.05, 0) is 0 Å². The van der Waals surface area contributed by atoms with Gasteiger partial charge in [0, 0.05) is 34.9 Å². The number of hydrogen-bond donors (Lipinski definition) is 2. The largest absolute Gasteiger partial charge is 0.379 e. The van der Waals surface area contributed by atoms with Gasteiger partial charge in [0.25, 0.3) is 0 Å². The normalized spacial score (nSPS) is 27.6. The molecule has 88 valence electrons. The zero-order valence-electron chi connectivity index (χ0n) is 8.90. The van der Waals surface area contributed by atoms with Crippen molar-refractivity contribution in [1.82, 2.24) is 5.32 Å². The quantitative estimate of drug-likeness (QED) is 0.629. The van der Waals surface area contributed by atoms with Crippen LogP contribution in [0.1, 0.15) is 6.92 Å². The molecule has 0 radical (unpaired) electrons. The molecule has 3 unspecified atom stereocenters. The van der Waals surface area contributed by atoms with Crippen molar-refractivity contribution in [2.24, 2.45) is 11.7 Å². The summed E-state index contributed by atoms with van der Waals surface area (Å²) in [6, 6.07) is -0.207. The van der Waals surface area contributed by atoms with E-state index >= 15 is 0 Å². The molecule has 0 saturated carbocycles. The topological polar surface area (TPSA) is 81.4 Å². The third kappa shape index (κ3) is 3.89. The first-order chi connectivity index (χ1) is 7.15. The van der Waals surface area contributed by atoms with Crippen molar-refractivity contribution in [3.8, 4) is 0 Å². The number of nitrogens with one attached hydrogen (secondary N) is 1. The van der Waals surface area contributed by atoms with Crippen LogP contribution in [0.3, 0.4) is 0 Å². The molecule has 0 spiro atoms. The minimum atomic E-state index is -0.831. The van der Waals surface area contributed by atoms with Gasteiger partial charge in [-0.2, -0.15) is 0 Å². The molecular weight excluding hydrogens is 216 g/mol. The molecule has 0 bridgehead atoms. The predicted molar refractivity (Wildman–Crippen MR) is 58.8 cm³/mol. The molecule has 1 aliphatic heterocycles. The van der Waals surface area contributed by atoms with Crippen LogP contribution in [0.15, 0.2) is 0 Å². The van der Waals surface area contributed by atoms with E-state index in [2.05, 4.69) is 5.32 Å². The number of rotatable bonds is 5. The van der Waals surface area contributed by atoms with Crippen LogP contribution < -0.4 is 11.1 Å². The molecule has 0 aliphatic carbocycles. The summed E-state index contributed by atoms with van der Waals surface area (Å²) in [6.45, 7) is 3.14. The van der Waals surface area contributed by atoms with Crippen LogP contribution in [-0.4, -0.2) is 47.4 Å². The Kier molecular flexibility index (Phi) is 5.21. The molecule has 15 heavy (non-hydrogen) atoms. The lowest BCUT2D eigenvalue weighted by molar-refractivity contribution is -0.125. The fraction of sp³-hybridized carbons (Fsp3) is 0.889. The van der Waals surface area contributed by atoms with Gasteiger partial charge >= 0.3 is 0 Å². The first kappa shape index (κ1) is 12.6. The lowest BCUT2D eigenvalue weighted by atomic mass is 10.0. The minimum absolute atomic E-state index is 0.0897. The zero-order chi connectivity index (χ0) is 11.3. The van der Waals surface area contributed by atoms with Crippen molar-refractivity contribution in [3.63, 3.8) is 0 Å². The highest BCUT2D eigenvalue weighted by molar-refractivity contribution is 7.84. The van der Waals surface area contributed by atoms with E-state index in [9.17, 15) is 9.00 Å². The Balaban J connectivity index is 2.21. The summed E-state index contributed by atoms with van der Waals surface area (Å²) in [5.74, 6) is 0.792. The third-order valence-corrected chi connectivity index (χ3v) is 3.72. The van der Waals surface area contributed by atoms with Gasteiger partial charge in [-0.3, -0.25) is 9.00 Å². The fourth-order valence-corrected chi connectivity index (χ4v) is 2.02. The summed E-state index contributed by atoms with van der Waals surface area (Å²) in [4.78, 5) is 11.6. The molecule has 1 rings (SSSR count). The average molecular weight is 234 g/mol. The van der Waals surface area contributed by atoms with Crippen molar-refractivity contribution in [1.29, 1.82) is 0 Å². The Labute approximate surface area is 92.2 Å². The summed E-state index contributed by atoms with van der Waals surface area (Å²) in [5, 5.41) is 2.73. The molecule has 1 saturated heterocycles. The molecule has 1 amide bonds. The SMILES string of the molecule is CCS(=O)CCNC(=O)C1COCC1N. The van der Waals surface area contributed by atoms with Gasteiger partial charge in [0.15, 0.2) is 0 Å². The maximum atomic E-state index is 11.6. The van der Waals surface area contributed by atoms with Gasteiger partial charge < -0.3 is 15.8 Å². The molecule has 1 aliphatic rings. The van der Waals surface area contributed by atoms with E-state index in [1.165, 1.54) is 0 Å². The highest BCUT2D eigenvalue weighted by atomic mass is 32.2. The molecule has 1 heterocycles. The molecule has 0 aromatic carbocycles. The Morgan fingerprint density at radius 1 is 1.60 bits per heavy atom. The van der Waals surface area contributed by atoms with E-state index in [0.717, 1.165) is 0 Å². The summed E-state index contributed by atoms with van der Waals surface area (Å²) < 4.78 is 16.2. The number of nitrogens with two attached hydrogens (primary N) is 1. The van der Waals surface area contributed by atoms with Crippen LogP contribution in [-0.2, 0) is 20.3 Å².